The molecule has 100 valence electrons. The molecule has 18 heavy (non-hydrogen) atoms. The average molecular weight is 248 g/mol. The average Bonchev–Trinajstić information content (AvgIpc) is 2.27. The van der Waals surface area contributed by atoms with Crippen LogP contribution >= 0.6 is 0 Å². The van der Waals surface area contributed by atoms with Gasteiger partial charge >= 0.3 is 5.97 Å². The molecule has 4 aliphatic carbocycles. The van der Waals surface area contributed by atoms with Crippen LogP contribution in [0.4, 0.5) is 0 Å². The van der Waals surface area contributed by atoms with E-state index in [1.165, 1.54) is 38.5 Å². The molecule has 2 heteroatoms. The van der Waals surface area contributed by atoms with Crippen molar-refractivity contribution in [1.82, 2.24) is 0 Å². The molecule has 2 nitrogen and oxygen atoms in total. The van der Waals surface area contributed by atoms with E-state index in [-0.39, 0.29) is 5.41 Å². The van der Waals surface area contributed by atoms with Crippen LogP contribution in [0.3, 0.4) is 0 Å². The van der Waals surface area contributed by atoms with Gasteiger partial charge in [-0.3, -0.25) is 0 Å². The smallest absolute Gasteiger partial charge is 0.330 e. The number of allylic oxidation sites excluding steroid dienone is 1. The molecule has 0 amide bonds. The molecule has 0 aromatic rings. The minimum absolute atomic E-state index is 0.228. The van der Waals surface area contributed by atoms with Crippen molar-refractivity contribution in [3.63, 3.8) is 0 Å². The molecule has 0 saturated heterocycles. The maximum Gasteiger partial charge on any atom is 0.330 e. The van der Waals surface area contributed by atoms with Gasteiger partial charge in [0.05, 0.1) is 0 Å². The van der Waals surface area contributed by atoms with E-state index in [9.17, 15) is 9.90 Å². The molecule has 0 heterocycles. The highest BCUT2D eigenvalue weighted by Crippen LogP contribution is 2.64. The minimum atomic E-state index is -0.736. The normalized spacial score (nSPS) is 46.4. The Morgan fingerprint density at radius 1 is 1.28 bits per heavy atom. The van der Waals surface area contributed by atoms with Crippen LogP contribution in [0.1, 0.15) is 52.4 Å². The molecule has 3 unspecified atom stereocenters. The van der Waals surface area contributed by atoms with Gasteiger partial charge in [0.1, 0.15) is 0 Å². The molecule has 1 N–H and O–H groups in total. The number of carboxylic acids is 1. The molecule has 0 spiro atoms. The Bertz CT molecular complexity index is 382. The van der Waals surface area contributed by atoms with E-state index >= 15 is 0 Å². The minimum Gasteiger partial charge on any atom is -0.478 e. The van der Waals surface area contributed by atoms with Crippen LogP contribution < -0.4 is 0 Å². The van der Waals surface area contributed by atoms with Gasteiger partial charge in [-0.1, -0.05) is 19.4 Å². The van der Waals surface area contributed by atoms with Crippen LogP contribution in [0.15, 0.2) is 11.6 Å². The summed E-state index contributed by atoms with van der Waals surface area (Å²) in [5.74, 6) is 2.63. The van der Waals surface area contributed by atoms with Gasteiger partial charge in [-0.15, -0.1) is 0 Å². The van der Waals surface area contributed by atoms with Crippen LogP contribution in [0, 0.1) is 29.1 Å². The zero-order chi connectivity index (χ0) is 12.9. The summed E-state index contributed by atoms with van der Waals surface area (Å²) in [5.41, 5.74) is 0.793. The first-order valence-electron chi connectivity index (χ1n) is 7.47. The van der Waals surface area contributed by atoms with E-state index in [1.807, 2.05) is 0 Å². The van der Waals surface area contributed by atoms with E-state index < -0.39 is 5.97 Å². The Labute approximate surface area is 109 Å². The zero-order valence-electron chi connectivity index (χ0n) is 11.5. The fourth-order valence-corrected chi connectivity index (χ4v) is 5.67. The summed E-state index contributed by atoms with van der Waals surface area (Å²) in [4.78, 5) is 11.2. The van der Waals surface area contributed by atoms with Gasteiger partial charge in [-0.25, -0.2) is 4.79 Å². The summed E-state index contributed by atoms with van der Waals surface area (Å²) >= 11 is 0. The second-order valence-electron chi connectivity index (χ2n) is 6.99. The van der Waals surface area contributed by atoms with Crippen LogP contribution in [0.2, 0.25) is 0 Å². The summed E-state index contributed by atoms with van der Waals surface area (Å²) in [6.45, 7) is 4.06. The number of hydrogen-bond acceptors (Lipinski definition) is 1. The van der Waals surface area contributed by atoms with Crippen LogP contribution in [-0.4, -0.2) is 11.1 Å². The van der Waals surface area contributed by atoms with Crippen molar-refractivity contribution in [3.05, 3.63) is 11.6 Å². The van der Waals surface area contributed by atoms with Crippen molar-refractivity contribution >= 4 is 5.97 Å². The maximum atomic E-state index is 11.2. The van der Waals surface area contributed by atoms with Crippen molar-refractivity contribution in [2.45, 2.75) is 52.4 Å². The lowest BCUT2D eigenvalue weighted by Gasteiger charge is -2.60. The molecule has 4 fully saturated rings. The molecule has 4 aliphatic rings. The van der Waals surface area contributed by atoms with Crippen molar-refractivity contribution in [2.75, 3.05) is 0 Å². The lowest BCUT2D eigenvalue weighted by Crippen LogP contribution is -2.51. The summed E-state index contributed by atoms with van der Waals surface area (Å²) in [7, 11) is 0. The second-order valence-corrected chi connectivity index (χ2v) is 6.99. The Morgan fingerprint density at radius 2 is 1.89 bits per heavy atom. The van der Waals surface area contributed by atoms with E-state index in [4.69, 9.17) is 0 Å². The van der Waals surface area contributed by atoms with Crippen LogP contribution in [0.25, 0.3) is 0 Å². The molecule has 3 atom stereocenters. The van der Waals surface area contributed by atoms with E-state index in [0.29, 0.717) is 5.57 Å². The van der Waals surface area contributed by atoms with Gasteiger partial charge in [0.15, 0.2) is 0 Å². The summed E-state index contributed by atoms with van der Waals surface area (Å²) < 4.78 is 0. The van der Waals surface area contributed by atoms with Gasteiger partial charge in [0.2, 0.25) is 0 Å². The lowest BCUT2D eigenvalue weighted by molar-refractivity contribution is -0.133. The van der Waals surface area contributed by atoms with Gasteiger partial charge in [0, 0.05) is 5.57 Å². The van der Waals surface area contributed by atoms with Crippen molar-refractivity contribution in [3.8, 4) is 0 Å². The highest BCUT2D eigenvalue weighted by molar-refractivity contribution is 5.85. The highest BCUT2D eigenvalue weighted by Gasteiger charge is 2.55. The number of carboxylic acid groups (broad SMARTS) is 1. The first-order valence-corrected chi connectivity index (χ1v) is 7.47. The Kier molecular flexibility index (Phi) is 2.80. The third-order valence-electron chi connectivity index (χ3n) is 5.86. The number of carbonyl (C=O) groups is 1. The van der Waals surface area contributed by atoms with Gasteiger partial charge in [0.25, 0.3) is 0 Å². The fraction of sp³-hybridized carbons (Fsp3) is 0.812. The third kappa shape index (κ3) is 1.72. The maximum absolute atomic E-state index is 11.2. The summed E-state index contributed by atoms with van der Waals surface area (Å²) in [6.07, 6.45) is 10.1. The van der Waals surface area contributed by atoms with E-state index in [1.54, 1.807) is 6.92 Å². The van der Waals surface area contributed by atoms with E-state index in [2.05, 4.69) is 13.0 Å². The second kappa shape index (κ2) is 4.11. The number of rotatable bonds is 3. The SMILES string of the molecule is CCC1C2CC3CC(C2)CC1(C=C(C)C(=O)O)C3. The number of aliphatic carboxylic acids is 1. The molecular formula is C16H24O2. The molecule has 4 bridgehead atoms. The number of hydrogen-bond donors (Lipinski definition) is 1. The summed E-state index contributed by atoms with van der Waals surface area (Å²) in [5, 5.41) is 9.17. The van der Waals surface area contributed by atoms with Crippen LogP contribution in [-0.2, 0) is 4.79 Å². The van der Waals surface area contributed by atoms with Gasteiger partial charge in [-0.05, 0) is 68.1 Å². The van der Waals surface area contributed by atoms with E-state index in [0.717, 1.165) is 23.7 Å². The van der Waals surface area contributed by atoms with Crippen molar-refractivity contribution in [1.29, 1.82) is 0 Å². The largest absolute Gasteiger partial charge is 0.478 e. The lowest BCUT2D eigenvalue weighted by atomic mass is 9.44. The monoisotopic (exact) mass is 248 g/mol. The van der Waals surface area contributed by atoms with Gasteiger partial charge in [-0.2, -0.15) is 0 Å². The highest BCUT2D eigenvalue weighted by atomic mass is 16.4. The predicted molar refractivity (Wildman–Crippen MR) is 71.2 cm³/mol. The molecule has 4 saturated carbocycles. The molecule has 0 aromatic carbocycles. The third-order valence-corrected chi connectivity index (χ3v) is 5.86. The molecule has 0 aliphatic heterocycles. The molecule has 4 rings (SSSR count). The zero-order valence-corrected chi connectivity index (χ0v) is 11.5. The summed E-state index contributed by atoms with van der Waals surface area (Å²) in [6, 6.07) is 0. The molecule has 0 radical (unpaired) electrons. The predicted octanol–water partition coefficient (Wildman–Crippen LogP) is 3.87. The molecule has 0 aromatic heterocycles. The van der Waals surface area contributed by atoms with Crippen molar-refractivity contribution in [2.24, 2.45) is 29.1 Å². The standard InChI is InChI=1S/C16H24O2/c1-3-14-13-5-11-4-12(6-13)9-16(14,8-11)7-10(2)15(17)18/h7,11-14H,3-6,8-9H2,1-2H3,(H,17,18). The fourth-order valence-electron chi connectivity index (χ4n) is 5.67. The van der Waals surface area contributed by atoms with Crippen molar-refractivity contribution < 1.29 is 9.90 Å². The topological polar surface area (TPSA) is 37.3 Å². The Morgan fingerprint density at radius 3 is 2.39 bits per heavy atom. The molecular weight excluding hydrogens is 224 g/mol. The first kappa shape index (κ1) is 12.3. The quantitative estimate of drug-likeness (QED) is 0.770. The first-order chi connectivity index (χ1) is 8.54. The Balaban J connectivity index is 1.97. The Hall–Kier alpha value is -0.790. The van der Waals surface area contributed by atoms with Crippen LogP contribution in [0.5, 0.6) is 0 Å². The van der Waals surface area contributed by atoms with Gasteiger partial charge < -0.3 is 5.11 Å².